The van der Waals surface area contributed by atoms with Crippen molar-refractivity contribution in [3.05, 3.63) is 102 Å². The van der Waals surface area contributed by atoms with Crippen molar-refractivity contribution >= 4 is 55.6 Å². The van der Waals surface area contributed by atoms with Gasteiger partial charge in [-0.3, -0.25) is 14.9 Å². The van der Waals surface area contributed by atoms with Gasteiger partial charge in [0.1, 0.15) is 0 Å². The lowest BCUT2D eigenvalue weighted by Gasteiger charge is -2.08. The first-order valence-corrected chi connectivity index (χ1v) is 10.3. The van der Waals surface area contributed by atoms with Crippen LogP contribution < -0.4 is 10.2 Å². The molecule has 0 fully saturated rings. The van der Waals surface area contributed by atoms with Crippen molar-refractivity contribution in [2.45, 2.75) is 0 Å². The zero-order chi connectivity index (χ0) is 22.4. The van der Waals surface area contributed by atoms with Crippen LogP contribution in [0, 0.1) is 10.1 Å². The number of halogens is 2. The molecule has 3 rings (SSSR count). The maximum atomic E-state index is 12.5. The maximum Gasteiger partial charge on any atom is 0.343 e. The Morgan fingerprint density at radius 2 is 1.52 bits per heavy atom. The van der Waals surface area contributed by atoms with E-state index in [4.69, 9.17) is 4.74 Å². The first kappa shape index (κ1) is 22.3. The van der Waals surface area contributed by atoms with E-state index in [0.29, 0.717) is 5.56 Å². The smallest absolute Gasteiger partial charge is 0.343 e. The van der Waals surface area contributed by atoms with E-state index in [0.717, 1.165) is 8.95 Å². The SMILES string of the molecule is O=C(N/N=C/c1cccc([N+](=O)[O-])c1OC(=O)c1ccc(Br)cc1)c1ccc(Br)cc1. The minimum absolute atomic E-state index is 0.149. The van der Waals surface area contributed by atoms with Crippen molar-refractivity contribution in [2.75, 3.05) is 0 Å². The third kappa shape index (κ3) is 5.83. The fourth-order valence-electron chi connectivity index (χ4n) is 2.46. The van der Waals surface area contributed by atoms with E-state index in [1.165, 1.54) is 36.5 Å². The molecule has 0 unspecified atom stereocenters. The van der Waals surface area contributed by atoms with Gasteiger partial charge in [0.15, 0.2) is 0 Å². The lowest BCUT2D eigenvalue weighted by atomic mass is 10.2. The average Bonchev–Trinajstić information content (AvgIpc) is 2.75. The largest absolute Gasteiger partial charge is 0.415 e. The third-order valence-corrected chi connectivity index (χ3v) is 5.03. The number of benzene rings is 3. The topological polar surface area (TPSA) is 111 Å². The van der Waals surface area contributed by atoms with Crippen LogP contribution in [0.3, 0.4) is 0 Å². The highest BCUT2D eigenvalue weighted by Gasteiger charge is 2.22. The fraction of sp³-hybridized carbons (Fsp3) is 0. The Morgan fingerprint density at radius 1 is 0.935 bits per heavy atom. The van der Waals surface area contributed by atoms with Gasteiger partial charge in [-0.25, -0.2) is 10.2 Å². The lowest BCUT2D eigenvalue weighted by molar-refractivity contribution is -0.385. The zero-order valence-corrected chi connectivity index (χ0v) is 18.8. The highest BCUT2D eigenvalue weighted by atomic mass is 79.9. The number of rotatable bonds is 6. The molecule has 0 aliphatic rings. The number of nitro benzene ring substituents is 1. The number of hydrogen-bond donors (Lipinski definition) is 1. The van der Waals surface area contributed by atoms with Gasteiger partial charge in [0, 0.05) is 26.1 Å². The number of amides is 1. The van der Waals surface area contributed by atoms with E-state index in [1.54, 1.807) is 36.4 Å². The Labute approximate surface area is 193 Å². The maximum absolute atomic E-state index is 12.5. The number of nitro groups is 1. The summed E-state index contributed by atoms with van der Waals surface area (Å²) < 4.78 is 6.90. The fourth-order valence-corrected chi connectivity index (χ4v) is 2.99. The second-order valence-corrected chi connectivity index (χ2v) is 7.89. The molecular weight excluding hydrogens is 534 g/mol. The summed E-state index contributed by atoms with van der Waals surface area (Å²) in [7, 11) is 0. The van der Waals surface area contributed by atoms with Crippen LogP contribution in [0.25, 0.3) is 0 Å². The predicted octanol–water partition coefficient (Wildman–Crippen LogP) is 5.10. The number of nitrogens with one attached hydrogen (secondary N) is 1. The Hall–Kier alpha value is -3.37. The van der Waals surface area contributed by atoms with E-state index in [-0.39, 0.29) is 16.9 Å². The minimum Gasteiger partial charge on any atom is -0.415 e. The number of esters is 1. The molecule has 0 saturated heterocycles. The van der Waals surface area contributed by atoms with E-state index in [1.807, 2.05) is 0 Å². The Balaban J connectivity index is 1.83. The molecule has 1 N–H and O–H groups in total. The number of hydrogen-bond acceptors (Lipinski definition) is 6. The Morgan fingerprint density at radius 3 is 2.10 bits per heavy atom. The summed E-state index contributed by atoms with van der Waals surface area (Å²) in [5.41, 5.74) is 2.67. The van der Waals surface area contributed by atoms with Crippen LogP contribution >= 0.6 is 31.9 Å². The molecule has 0 bridgehead atoms. The molecule has 0 aliphatic heterocycles. The van der Waals surface area contributed by atoms with Crippen molar-refractivity contribution in [2.24, 2.45) is 5.10 Å². The van der Waals surface area contributed by atoms with Crippen molar-refractivity contribution < 1.29 is 19.2 Å². The van der Waals surface area contributed by atoms with E-state index >= 15 is 0 Å². The van der Waals surface area contributed by atoms with Gasteiger partial charge in [0.05, 0.1) is 16.7 Å². The Bertz CT molecular complexity index is 1160. The van der Waals surface area contributed by atoms with E-state index in [9.17, 15) is 19.7 Å². The molecule has 10 heteroatoms. The quantitative estimate of drug-likeness (QED) is 0.152. The van der Waals surface area contributed by atoms with E-state index in [2.05, 4.69) is 42.4 Å². The molecule has 0 radical (unpaired) electrons. The molecule has 1 amide bonds. The number of nitrogens with zero attached hydrogens (tertiary/aromatic N) is 2. The number of carbonyl (C=O) groups is 2. The second-order valence-electron chi connectivity index (χ2n) is 6.06. The van der Waals surface area contributed by atoms with Crippen molar-refractivity contribution in [1.29, 1.82) is 0 Å². The van der Waals surface area contributed by atoms with Gasteiger partial charge in [-0.1, -0.05) is 37.9 Å². The summed E-state index contributed by atoms with van der Waals surface area (Å²) in [5.74, 6) is -1.51. The van der Waals surface area contributed by atoms with Gasteiger partial charge in [0.25, 0.3) is 5.91 Å². The van der Waals surface area contributed by atoms with Crippen molar-refractivity contribution in [3.8, 4) is 5.75 Å². The summed E-state index contributed by atoms with van der Waals surface area (Å²) in [5, 5.41) is 15.3. The zero-order valence-electron chi connectivity index (χ0n) is 15.6. The van der Waals surface area contributed by atoms with Gasteiger partial charge in [-0.05, 0) is 54.6 Å². The molecule has 3 aromatic rings. The van der Waals surface area contributed by atoms with Crippen LogP contribution in [-0.2, 0) is 0 Å². The summed E-state index contributed by atoms with van der Waals surface area (Å²) in [6, 6.07) is 17.1. The van der Waals surface area contributed by atoms with Crippen LogP contribution in [0.15, 0.2) is 80.8 Å². The van der Waals surface area contributed by atoms with Crippen LogP contribution in [-0.4, -0.2) is 23.0 Å². The number of carbonyl (C=O) groups excluding carboxylic acids is 2. The highest BCUT2D eigenvalue weighted by Crippen LogP contribution is 2.31. The van der Waals surface area contributed by atoms with Gasteiger partial charge >= 0.3 is 11.7 Å². The molecule has 8 nitrogen and oxygen atoms in total. The van der Waals surface area contributed by atoms with Gasteiger partial charge in [0.2, 0.25) is 5.75 Å². The van der Waals surface area contributed by atoms with Crippen molar-refractivity contribution in [1.82, 2.24) is 5.43 Å². The minimum atomic E-state index is -0.768. The third-order valence-electron chi connectivity index (χ3n) is 3.97. The average molecular weight is 547 g/mol. The lowest BCUT2D eigenvalue weighted by Crippen LogP contribution is -2.17. The van der Waals surface area contributed by atoms with Gasteiger partial charge in [-0.15, -0.1) is 0 Å². The van der Waals surface area contributed by atoms with Crippen LogP contribution in [0.2, 0.25) is 0 Å². The first-order valence-electron chi connectivity index (χ1n) is 8.69. The molecule has 0 aromatic heterocycles. The molecule has 0 saturated carbocycles. The van der Waals surface area contributed by atoms with Gasteiger partial charge in [-0.2, -0.15) is 5.10 Å². The number of para-hydroxylation sites is 1. The molecule has 3 aromatic carbocycles. The van der Waals surface area contributed by atoms with E-state index < -0.39 is 22.5 Å². The Kier molecular flexibility index (Phi) is 7.27. The monoisotopic (exact) mass is 545 g/mol. The van der Waals surface area contributed by atoms with Gasteiger partial charge < -0.3 is 4.74 Å². The number of hydrazone groups is 1. The molecule has 0 aliphatic carbocycles. The molecular formula is C21H13Br2N3O5. The highest BCUT2D eigenvalue weighted by molar-refractivity contribution is 9.10. The molecule has 0 spiro atoms. The molecule has 0 heterocycles. The summed E-state index contributed by atoms with van der Waals surface area (Å²) >= 11 is 6.55. The summed E-state index contributed by atoms with van der Waals surface area (Å²) in [6.07, 6.45) is 1.17. The van der Waals surface area contributed by atoms with Crippen LogP contribution in [0.1, 0.15) is 26.3 Å². The van der Waals surface area contributed by atoms with Crippen LogP contribution in [0.4, 0.5) is 5.69 Å². The first-order chi connectivity index (χ1) is 14.8. The summed E-state index contributed by atoms with van der Waals surface area (Å²) in [4.78, 5) is 35.4. The van der Waals surface area contributed by atoms with Crippen LogP contribution in [0.5, 0.6) is 5.75 Å². The second kappa shape index (κ2) is 10.1. The number of ether oxygens (including phenoxy) is 1. The normalized spacial score (nSPS) is 10.6. The van der Waals surface area contributed by atoms with Crippen molar-refractivity contribution in [3.63, 3.8) is 0 Å². The molecule has 31 heavy (non-hydrogen) atoms. The predicted molar refractivity (Wildman–Crippen MR) is 121 cm³/mol. The molecule has 156 valence electrons. The summed E-state index contributed by atoms with van der Waals surface area (Å²) in [6.45, 7) is 0. The standard InChI is InChI=1S/C21H13Br2N3O5/c22-16-8-4-13(5-9-16)20(27)25-24-12-15-2-1-3-18(26(29)30)19(15)31-21(28)14-6-10-17(23)11-7-14/h1-12H,(H,25,27)/b24-12+. The molecule has 0 atom stereocenters.